The molecule has 0 saturated heterocycles. The summed E-state index contributed by atoms with van der Waals surface area (Å²) in [5.41, 5.74) is 1.82. The molecule has 7 heteroatoms. The van der Waals surface area contributed by atoms with E-state index in [2.05, 4.69) is 15.2 Å². The molecule has 1 heterocycles. The summed E-state index contributed by atoms with van der Waals surface area (Å²) in [6, 6.07) is 15.9. The van der Waals surface area contributed by atoms with Gasteiger partial charge in [-0.05, 0) is 17.7 Å². The molecule has 0 saturated carbocycles. The summed E-state index contributed by atoms with van der Waals surface area (Å²) in [6.07, 6.45) is 1.61. The molecule has 2 aromatic carbocycles. The van der Waals surface area contributed by atoms with Gasteiger partial charge in [-0.1, -0.05) is 41.7 Å². The average molecular weight is 310 g/mol. The molecule has 0 fully saturated rings. The quantitative estimate of drug-likeness (QED) is 0.416. The van der Waals surface area contributed by atoms with Gasteiger partial charge < -0.3 is 0 Å². The number of nitro groups is 1. The fraction of sp³-hybridized carbons (Fsp3) is 0. The molecular formula is C15H10N4O2S. The highest BCUT2D eigenvalue weighted by atomic mass is 32.1. The number of aromatic nitrogens is 2. The number of hydrogen-bond donors (Lipinski definition) is 0. The van der Waals surface area contributed by atoms with Crippen LogP contribution in [0, 0.1) is 10.1 Å². The molecule has 3 rings (SSSR count). The molecule has 3 aromatic rings. The van der Waals surface area contributed by atoms with Crippen LogP contribution in [0.5, 0.6) is 0 Å². The van der Waals surface area contributed by atoms with Crippen LogP contribution >= 0.6 is 11.3 Å². The summed E-state index contributed by atoms with van der Waals surface area (Å²) in [5.74, 6) is 0. The van der Waals surface area contributed by atoms with E-state index in [1.807, 2.05) is 30.3 Å². The lowest BCUT2D eigenvalue weighted by molar-refractivity contribution is -0.384. The molecule has 0 spiro atoms. The van der Waals surface area contributed by atoms with Crippen molar-refractivity contribution < 1.29 is 4.92 Å². The molecule has 6 nitrogen and oxygen atoms in total. The molecule has 0 aliphatic carbocycles. The summed E-state index contributed by atoms with van der Waals surface area (Å²) >= 11 is 1.38. The van der Waals surface area contributed by atoms with E-state index in [1.54, 1.807) is 18.3 Å². The Bertz CT molecular complexity index is 813. The largest absolute Gasteiger partial charge is 0.269 e. The number of aliphatic imine (C=N–C) groups is 1. The van der Waals surface area contributed by atoms with Crippen molar-refractivity contribution in [1.29, 1.82) is 0 Å². The van der Waals surface area contributed by atoms with Crippen molar-refractivity contribution in [3.05, 3.63) is 70.3 Å². The highest BCUT2D eigenvalue weighted by molar-refractivity contribution is 7.18. The lowest BCUT2D eigenvalue weighted by Gasteiger charge is -1.92. The van der Waals surface area contributed by atoms with E-state index in [9.17, 15) is 10.1 Å². The fourth-order valence-corrected chi connectivity index (χ4v) is 2.47. The molecule has 0 aliphatic heterocycles. The summed E-state index contributed by atoms with van der Waals surface area (Å²) in [4.78, 5) is 14.4. The van der Waals surface area contributed by atoms with E-state index in [-0.39, 0.29) is 5.69 Å². The zero-order chi connectivity index (χ0) is 15.4. The van der Waals surface area contributed by atoms with Crippen LogP contribution in [0.2, 0.25) is 0 Å². The molecule has 0 radical (unpaired) electrons. The van der Waals surface area contributed by atoms with Gasteiger partial charge >= 0.3 is 0 Å². The van der Waals surface area contributed by atoms with Crippen molar-refractivity contribution in [2.45, 2.75) is 0 Å². The van der Waals surface area contributed by atoms with Crippen LogP contribution in [-0.2, 0) is 0 Å². The second-order valence-electron chi connectivity index (χ2n) is 4.36. The molecule has 22 heavy (non-hydrogen) atoms. The van der Waals surface area contributed by atoms with Gasteiger partial charge in [-0.3, -0.25) is 10.1 Å². The lowest BCUT2D eigenvalue weighted by Crippen LogP contribution is -1.88. The Morgan fingerprint density at radius 3 is 2.45 bits per heavy atom. The summed E-state index contributed by atoms with van der Waals surface area (Å²) < 4.78 is 0. The van der Waals surface area contributed by atoms with Crippen molar-refractivity contribution in [2.24, 2.45) is 4.99 Å². The van der Waals surface area contributed by atoms with E-state index < -0.39 is 4.92 Å². The van der Waals surface area contributed by atoms with Crippen LogP contribution in [0.15, 0.2) is 59.6 Å². The van der Waals surface area contributed by atoms with Crippen molar-refractivity contribution in [1.82, 2.24) is 10.2 Å². The standard InChI is InChI=1S/C15H10N4O2S/c20-19(21)13-8-6-11(7-9-13)10-16-15-18-17-14(22-15)12-4-2-1-3-5-12/h1-10H. The zero-order valence-electron chi connectivity index (χ0n) is 11.3. The highest BCUT2D eigenvalue weighted by Gasteiger charge is 2.05. The zero-order valence-corrected chi connectivity index (χ0v) is 12.1. The first-order chi connectivity index (χ1) is 10.7. The maximum Gasteiger partial charge on any atom is 0.269 e. The Labute approximate surface area is 130 Å². The minimum Gasteiger partial charge on any atom is -0.258 e. The molecule has 0 atom stereocenters. The van der Waals surface area contributed by atoms with Gasteiger partial charge in [0.15, 0.2) is 0 Å². The third-order valence-electron chi connectivity index (χ3n) is 2.86. The van der Waals surface area contributed by atoms with Crippen LogP contribution in [0.4, 0.5) is 10.8 Å². The Morgan fingerprint density at radius 1 is 1.05 bits per heavy atom. The van der Waals surface area contributed by atoms with E-state index in [4.69, 9.17) is 0 Å². The van der Waals surface area contributed by atoms with Crippen LogP contribution in [0.3, 0.4) is 0 Å². The van der Waals surface area contributed by atoms with Crippen LogP contribution < -0.4 is 0 Å². The van der Waals surface area contributed by atoms with Crippen molar-refractivity contribution in [2.75, 3.05) is 0 Å². The fourth-order valence-electron chi connectivity index (χ4n) is 1.78. The number of hydrogen-bond acceptors (Lipinski definition) is 6. The highest BCUT2D eigenvalue weighted by Crippen LogP contribution is 2.27. The van der Waals surface area contributed by atoms with Gasteiger partial charge in [0.2, 0.25) is 5.13 Å². The Hall–Kier alpha value is -2.93. The van der Waals surface area contributed by atoms with Gasteiger partial charge in [0.1, 0.15) is 5.01 Å². The monoisotopic (exact) mass is 310 g/mol. The smallest absolute Gasteiger partial charge is 0.258 e. The molecule has 0 aliphatic rings. The van der Waals surface area contributed by atoms with Crippen molar-refractivity contribution in [3.8, 4) is 10.6 Å². The van der Waals surface area contributed by atoms with Crippen LogP contribution in [0.1, 0.15) is 5.56 Å². The first kappa shape index (κ1) is 14.0. The van der Waals surface area contributed by atoms with E-state index in [0.29, 0.717) is 5.13 Å². The maximum absolute atomic E-state index is 10.6. The summed E-state index contributed by atoms with van der Waals surface area (Å²) in [6.45, 7) is 0. The number of benzene rings is 2. The average Bonchev–Trinajstić information content (AvgIpc) is 3.03. The van der Waals surface area contributed by atoms with Gasteiger partial charge in [0.25, 0.3) is 5.69 Å². The van der Waals surface area contributed by atoms with Gasteiger partial charge in [-0.25, -0.2) is 4.99 Å². The number of nitrogens with zero attached hydrogens (tertiary/aromatic N) is 4. The molecule has 0 bridgehead atoms. The Balaban J connectivity index is 1.76. The molecule has 0 N–H and O–H groups in total. The number of rotatable bonds is 4. The third-order valence-corrected chi connectivity index (χ3v) is 3.74. The van der Waals surface area contributed by atoms with Crippen LogP contribution in [0.25, 0.3) is 10.6 Å². The van der Waals surface area contributed by atoms with E-state index in [0.717, 1.165) is 16.1 Å². The van der Waals surface area contributed by atoms with E-state index in [1.165, 1.54) is 23.5 Å². The molecular weight excluding hydrogens is 300 g/mol. The maximum atomic E-state index is 10.6. The molecule has 0 amide bonds. The molecule has 1 aromatic heterocycles. The summed E-state index contributed by atoms with van der Waals surface area (Å²) in [5, 5.41) is 20.0. The first-order valence-electron chi connectivity index (χ1n) is 6.40. The van der Waals surface area contributed by atoms with Gasteiger partial charge in [-0.15, -0.1) is 10.2 Å². The Kier molecular flexibility index (Phi) is 3.97. The van der Waals surface area contributed by atoms with Crippen molar-refractivity contribution in [3.63, 3.8) is 0 Å². The molecule has 0 unspecified atom stereocenters. The normalized spacial score (nSPS) is 10.9. The second kappa shape index (κ2) is 6.23. The van der Waals surface area contributed by atoms with Gasteiger partial charge in [-0.2, -0.15) is 0 Å². The van der Waals surface area contributed by atoms with Crippen LogP contribution in [-0.4, -0.2) is 21.3 Å². The van der Waals surface area contributed by atoms with Gasteiger partial charge in [0.05, 0.1) is 4.92 Å². The Morgan fingerprint density at radius 2 is 1.77 bits per heavy atom. The van der Waals surface area contributed by atoms with Gasteiger partial charge in [0, 0.05) is 23.9 Å². The lowest BCUT2D eigenvalue weighted by atomic mass is 10.2. The predicted octanol–water partition coefficient (Wildman–Crippen LogP) is 3.86. The van der Waals surface area contributed by atoms with E-state index >= 15 is 0 Å². The number of nitro benzene ring substituents is 1. The number of non-ortho nitro benzene ring substituents is 1. The first-order valence-corrected chi connectivity index (χ1v) is 7.21. The summed E-state index contributed by atoms with van der Waals surface area (Å²) in [7, 11) is 0. The minimum atomic E-state index is -0.433. The molecule has 108 valence electrons. The minimum absolute atomic E-state index is 0.0550. The third kappa shape index (κ3) is 3.21. The predicted molar refractivity (Wildman–Crippen MR) is 85.7 cm³/mol. The SMILES string of the molecule is O=[N+]([O-])c1ccc(C=Nc2nnc(-c3ccccc3)s2)cc1. The second-order valence-corrected chi connectivity index (χ2v) is 5.32. The van der Waals surface area contributed by atoms with Crippen molar-refractivity contribution >= 4 is 28.4 Å². The topological polar surface area (TPSA) is 81.3 Å².